The van der Waals surface area contributed by atoms with Crippen LogP contribution in [-0.2, 0) is 30.7 Å². The Hall–Kier alpha value is -3.40. The fourth-order valence-electron chi connectivity index (χ4n) is 3.49. The van der Waals surface area contributed by atoms with Gasteiger partial charge in [0.05, 0.1) is 23.7 Å². The number of hydrogen-bond acceptors (Lipinski definition) is 7. The van der Waals surface area contributed by atoms with Crippen LogP contribution in [0, 0.1) is 13.8 Å². The van der Waals surface area contributed by atoms with Crippen LogP contribution >= 0.6 is 0 Å². The van der Waals surface area contributed by atoms with Crippen molar-refractivity contribution in [1.82, 2.24) is 14.5 Å². The van der Waals surface area contributed by atoms with E-state index in [-0.39, 0.29) is 11.3 Å². The zero-order valence-corrected chi connectivity index (χ0v) is 20.9. The summed E-state index contributed by atoms with van der Waals surface area (Å²) in [7, 11) is -2.65. The third-order valence-electron chi connectivity index (χ3n) is 5.25. The number of aryl methyl sites for hydroxylation is 2. The van der Waals surface area contributed by atoms with Crippen LogP contribution in [-0.4, -0.2) is 48.4 Å². The summed E-state index contributed by atoms with van der Waals surface area (Å²) in [4.78, 5) is 24.7. The van der Waals surface area contributed by atoms with Crippen molar-refractivity contribution in [2.45, 2.75) is 57.6 Å². The zero-order chi connectivity index (χ0) is 25.3. The van der Waals surface area contributed by atoms with Crippen molar-refractivity contribution in [1.29, 1.82) is 0 Å². The summed E-state index contributed by atoms with van der Waals surface area (Å²) < 4.78 is 37.4. The lowest BCUT2D eigenvalue weighted by molar-refractivity contribution is -0.143. The van der Waals surface area contributed by atoms with Crippen LogP contribution in [0.15, 0.2) is 47.5 Å². The maximum absolute atomic E-state index is 13.1. The molecule has 0 aliphatic heterocycles. The molecule has 34 heavy (non-hydrogen) atoms. The molecule has 1 heterocycles. The van der Waals surface area contributed by atoms with Crippen LogP contribution in [0.25, 0.3) is 10.9 Å². The summed E-state index contributed by atoms with van der Waals surface area (Å²) in [5.74, 6) is -0.622. The number of methoxy groups -OCH3 is 1. The number of amides is 1. The summed E-state index contributed by atoms with van der Waals surface area (Å²) in [5, 5.41) is 7.30. The van der Waals surface area contributed by atoms with E-state index < -0.39 is 33.7 Å². The molecule has 0 saturated carbocycles. The number of fused-ring (bicyclic) bond motifs is 1. The van der Waals surface area contributed by atoms with Gasteiger partial charge in [-0.3, -0.25) is 0 Å². The summed E-state index contributed by atoms with van der Waals surface area (Å²) in [5.41, 5.74) is 2.10. The number of benzene rings is 2. The van der Waals surface area contributed by atoms with Crippen molar-refractivity contribution in [3.63, 3.8) is 0 Å². The van der Waals surface area contributed by atoms with Crippen LogP contribution < -0.4 is 5.32 Å². The summed E-state index contributed by atoms with van der Waals surface area (Å²) in [6, 6.07) is 8.91. The first-order valence-electron chi connectivity index (χ1n) is 10.7. The minimum Gasteiger partial charge on any atom is -0.467 e. The number of nitrogens with one attached hydrogen (secondary N) is 1. The van der Waals surface area contributed by atoms with Gasteiger partial charge in [0.2, 0.25) is 0 Å². The Morgan fingerprint density at radius 2 is 1.74 bits per heavy atom. The Labute approximate surface area is 199 Å². The quantitative estimate of drug-likeness (QED) is 0.529. The number of ether oxygens (including phenoxy) is 2. The molecule has 0 aliphatic carbocycles. The van der Waals surface area contributed by atoms with Crippen molar-refractivity contribution in [3.05, 3.63) is 59.3 Å². The highest BCUT2D eigenvalue weighted by Crippen LogP contribution is 2.26. The molecule has 1 atom stereocenters. The highest BCUT2D eigenvalue weighted by molar-refractivity contribution is 7.90. The first kappa shape index (κ1) is 25.2. The molecule has 0 bridgehead atoms. The SMILES string of the molecule is COC(=O)[C@H](Cc1ccc2c(cnn2S(=O)(=O)c2ccc(C)cc2)c1C)NC(=O)OC(C)(C)C. The van der Waals surface area contributed by atoms with Gasteiger partial charge in [0.15, 0.2) is 0 Å². The van der Waals surface area contributed by atoms with E-state index in [9.17, 15) is 18.0 Å². The molecular formula is C24H29N3O6S. The lowest BCUT2D eigenvalue weighted by Gasteiger charge is -2.23. The monoisotopic (exact) mass is 487 g/mol. The molecule has 3 aromatic rings. The Balaban J connectivity index is 1.94. The molecule has 0 saturated heterocycles. The molecule has 0 fully saturated rings. The molecule has 1 N–H and O–H groups in total. The molecular weight excluding hydrogens is 458 g/mol. The van der Waals surface area contributed by atoms with Crippen molar-refractivity contribution in [2.75, 3.05) is 7.11 Å². The minimum absolute atomic E-state index is 0.129. The Morgan fingerprint density at radius 1 is 1.09 bits per heavy atom. The normalized spacial score (nSPS) is 12.9. The number of rotatable bonds is 6. The van der Waals surface area contributed by atoms with Crippen LogP contribution in [0.3, 0.4) is 0 Å². The second kappa shape index (κ2) is 9.46. The number of alkyl carbamates (subject to hydrolysis) is 1. The van der Waals surface area contributed by atoms with Gasteiger partial charge in [-0.25, -0.2) is 9.59 Å². The molecule has 9 nitrogen and oxygen atoms in total. The molecule has 0 radical (unpaired) electrons. The molecule has 1 aromatic heterocycles. The number of nitrogens with zero attached hydrogens (tertiary/aromatic N) is 2. The minimum atomic E-state index is -3.88. The fraction of sp³-hybridized carbons (Fsp3) is 0.375. The van der Waals surface area contributed by atoms with Crippen molar-refractivity contribution < 1.29 is 27.5 Å². The zero-order valence-electron chi connectivity index (χ0n) is 20.1. The second-order valence-corrected chi connectivity index (χ2v) is 10.8. The van der Waals surface area contributed by atoms with Gasteiger partial charge in [0.25, 0.3) is 10.0 Å². The van der Waals surface area contributed by atoms with Gasteiger partial charge >= 0.3 is 12.1 Å². The molecule has 0 spiro atoms. The lowest BCUT2D eigenvalue weighted by Crippen LogP contribution is -2.45. The molecule has 3 rings (SSSR count). The number of hydrogen-bond donors (Lipinski definition) is 1. The Morgan fingerprint density at radius 3 is 2.32 bits per heavy atom. The van der Waals surface area contributed by atoms with Crippen LogP contribution in [0.5, 0.6) is 0 Å². The second-order valence-electron chi connectivity index (χ2n) is 9.01. The van der Waals surface area contributed by atoms with Crippen LogP contribution in [0.1, 0.15) is 37.5 Å². The van der Waals surface area contributed by atoms with E-state index in [0.717, 1.165) is 20.8 Å². The summed E-state index contributed by atoms with van der Waals surface area (Å²) >= 11 is 0. The first-order valence-corrected chi connectivity index (χ1v) is 12.1. The summed E-state index contributed by atoms with van der Waals surface area (Å²) in [6.07, 6.45) is 0.872. The maximum atomic E-state index is 13.1. The largest absolute Gasteiger partial charge is 0.467 e. The lowest BCUT2D eigenvalue weighted by atomic mass is 9.98. The smallest absolute Gasteiger partial charge is 0.408 e. The highest BCUT2D eigenvalue weighted by Gasteiger charge is 2.27. The molecule has 0 aliphatic rings. The van der Waals surface area contributed by atoms with Gasteiger partial charge in [-0.2, -0.15) is 17.6 Å². The van der Waals surface area contributed by atoms with E-state index >= 15 is 0 Å². The molecule has 0 unspecified atom stereocenters. The predicted octanol–water partition coefficient (Wildman–Crippen LogP) is 3.50. The van der Waals surface area contributed by atoms with Crippen molar-refractivity contribution >= 4 is 33.0 Å². The van der Waals surface area contributed by atoms with Crippen LogP contribution in [0.2, 0.25) is 0 Å². The molecule has 10 heteroatoms. The average molecular weight is 488 g/mol. The summed E-state index contributed by atoms with van der Waals surface area (Å²) in [6.45, 7) is 8.86. The number of esters is 1. The number of carbonyl (C=O) groups is 2. The van der Waals surface area contributed by atoms with Gasteiger partial charge in [-0.1, -0.05) is 23.8 Å². The third kappa shape index (κ3) is 5.39. The fourth-order valence-corrected chi connectivity index (χ4v) is 4.76. The van der Waals surface area contributed by atoms with Gasteiger partial charge in [0.1, 0.15) is 11.6 Å². The van der Waals surface area contributed by atoms with Gasteiger partial charge < -0.3 is 14.8 Å². The van der Waals surface area contributed by atoms with E-state index in [1.807, 2.05) is 13.8 Å². The highest BCUT2D eigenvalue weighted by atomic mass is 32.2. The van der Waals surface area contributed by atoms with Crippen molar-refractivity contribution in [2.24, 2.45) is 0 Å². The standard InChI is InChI=1S/C24H29N3O6S/c1-15-7-10-18(11-8-15)34(30,31)27-21-12-9-17(16(2)19(21)14-25-27)13-20(22(28)32-6)26-23(29)33-24(3,4)5/h7-12,14,20H,13H2,1-6H3,(H,26,29)/t20-/m0/s1. The maximum Gasteiger partial charge on any atom is 0.408 e. The van der Waals surface area contributed by atoms with E-state index in [4.69, 9.17) is 9.47 Å². The van der Waals surface area contributed by atoms with E-state index in [1.165, 1.54) is 13.3 Å². The molecule has 182 valence electrons. The van der Waals surface area contributed by atoms with Gasteiger partial charge in [-0.15, -0.1) is 0 Å². The predicted molar refractivity (Wildman–Crippen MR) is 127 cm³/mol. The Kier molecular flexibility index (Phi) is 7.02. The van der Waals surface area contributed by atoms with E-state index in [0.29, 0.717) is 10.9 Å². The van der Waals surface area contributed by atoms with E-state index in [1.54, 1.807) is 57.2 Å². The third-order valence-corrected chi connectivity index (χ3v) is 6.86. The van der Waals surface area contributed by atoms with E-state index in [2.05, 4.69) is 10.4 Å². The van der Waals surface area contributed by atoms with Gasteiger partial charge in [-0.05, 0) is 63.9 Å². The number of aromatic nitrogens is 2. The molecule has 1 amide bonds. The van der Waals surface area contributed by atoms with Crippen LogP contribution in [0.4, 0.5) is 4.79 Å². The topological polar surface area (TPSA) is 117 Å². The van der Waals surface area contributed by atoms with Gasteiger partial charge in [0, 0.05) is 11.8 Å². The first-order chi connectivity index (χ1) is 15.8. The number of carbonyl (C=O) groups excluding carboxylic acids is 2. The molecule has 2 aromatic carbocycles. The average Bonchev–Trinajstić information content (AvgIpc) is 3.19. The van der Waals surface area contributed by atoms with Crippen molar-refractivity contribution in [3.8, 4) is 0 Å². The Bertz CT molecular complexity index is 1320.